The zero-order chi connectivity index (χ0) is 22.9. The van der Waals surface area contributed by atoms with Crippen molar-refractivity contribution < 1.29 is 9.53 Å². The maximum absolute atomic E-state index is 12.8. The minimum Gasteiger partial charge on any atom is -0.378 e. The average Bonchev–Trinajstić information content (AvgIpc) is 3.26. The largest absolute Gasteiger partial charge is 0.378 e. The topological polar surface area (TPSA) is 72.3 Å². The quantitative estimate of drug-likeness (QED) is 0.458. The first-order valence-electron chi connectivity index (χ1n) is 11.5. The van der Waals surface area contributed by atoms with Crippen LogP contribution in [0.15, 0.2) is 65.8 Å². The number of hydrogen-bond acceptors (Lipinski definition) is 6. The van der Waals surface area contributed by atoms with Gasteiger partial charge in [0.1, 0.15) is 0 Å². The van der Waals surface area contributed by atoms with Gasteiger partial charge in [0.25, 0.3) is 0 Å². The standard InChI is InChI=1S/C25H31N5O2S/c1-2-9-22(21-12-7-4-8-13-21)26-23(31)19-33-25-28-27-24(29-14-16-32-17-15-29)30(25)18-20-10-5-3-6-11-20/h3-8,10-13,22H,2,9,14-19H2,1H3,(H,26,31). The molecule has 1 fully saturated rings. The molecular formula is C25H31N5O2S. The number of nitrogens with one attached hydrogen (secondary N) is 1. The van der Waals surface area contributed by atoms with E-state index in [2.05, 4.69) is 56.2 Å². The molecule has 0 spiro atoms. The number of morpholine rings is 1. The summed E-state index contributed by atoms with van der Waals surface area (Å²) < 4.78 is 7.61. The van der Waals surface area contributed by atoms with E-state index in [1.807, 2.05) is 36.4 Å². The van der Waals surface area contributed by atoms with Crippen molar-refractivity contribution in [2.45, 2.75) is 37.5 Å². The van der Waals surface area contributed by atoms with Crippen LogP contribution in [0.3, 0.4) is 0 Å². The predicted octanol–water partition coefficient (Wildman–Crippen LogP) is 3.91. The predicted molar refractivity (Wildman–Crippen MR) is 132 cm³/mol. The van der Waals surface area contributed by atoms with Crippen molar-refractivity contribution in [2.75, 3.05) is 37.0 Å². The number of thioether (sulfide) groups is 1. The molecule has 1 saturated heterocycles. The lowest BCUT2D eigenvalue weighted by Gasteiger charge is -2.28. The Kier molecular flexibility index (Phi) is 8.38. The van der Waals surface area contributed by atoms with E-state index in [1.165, 1.54) is 17.3 Å². The molecule has 1 aliphatic rings. The molecule has 0 saturated carbocycles. The number of benzene rings is 2. The normalized spacial score (nSPS) is 14.8. The van der Waals surface area contributed by atoms with Crippen LogP contribution >= 0.6 is 11.8 Å². The van der Waals surface area contributed by atoms with Crippen LogP contribution in [0.4, 0.5) is 5.95 Å². The second kappa shape index (κ2) is 11.9. The van der Waals surface area contributed by atoms with Gasteiger partial charge in [-0.2, -0.15) is 0 Å². The number of rotatable bonds is 10. The Morgan fingerprint density at radius 1 is 1.06 bits per heavy atom. The smallest absolute Gasteiger partial charge is 0.230 e. The summed E-state index contributed by atoms with van der Waals surface area (Å²) in [6.45, 7) is 5.73. The van der Waals surface area contributed by atoms with E-state index in [0.29, 0.717) is 25.5 Å². The van der Waals surface area contributed by atoms with E-state index in [1.54, 1.807) is 0 Å². The van der Waals surface area contributed by atoms with Gasteiger partial charge in [0.2, 0.25) is 11.9 Å². The first kappa shape index (κ1) is 23.3. The summed E-state index contributed by atoms with van der Waals surface area (Å²) in [5.41, 5.74) is 2.31. The number of aromatic nitrogens is 3. The van der Waals surface area contributed by atoms with Crippen molar-refractivity contribution in [3.05, 3.63) is 71.8 Å². The lowest BCUT2D eigenvalue weighted by molar-refractivity contribution is -0.119. The third-order valence-electron chi connectivity index (χ3n) is 5.62. The number of ether oxygens (including phenoxy) is 1. The molecule has 3 aromatic rings. The molecule has 0 radical (unpaired) electrons. The summed E-state index contributed by atoms with van der Waals surface area (Å²) in [4.78, 5) is 15.0. The van der Waals surface area contributed by atoms with Gasteiger partial charge < -0.3 is 15.0 Å². The summed E-state index contributed by atoms with van der Waals surface area (Å²) in [5.74, 6) is 1.13. The summed E-state index contributed by atoms with van der Waals surface area (Å²) in [7, 11) is 0. The van der Waals surface area contributed by atoms with Crippen molar-refractivity contribution in [1.29, 1.82) is 0 Å². The van der Waals surface area contributed by atoms with E-state index >= 15 is 0 Å². The Morgan fingerprint density at radius 3 is 2.45 bits per heavy atom. The minimum atomic E-state index is 0.00415. The van der Waals surface area contributed by atoms with E-state index in [0.717, 1.165) is 42.6 Å². The van der Waals surface area contributed by atoms with Crippen molar-refractivity contribution in [3.63, 3.8) is 0 Å². The lowest BCUT2D eigenvalue weighted by atomic mass is 10.0. The molecule has 1 unspecified atom stereocenters. The molecule has 7 nitrogen and oxygen atoms in total. The second-order valence-corrected chi connectivity index (χ2v) is 9.00. The molecule has 1 N–H and O–H groups in total. The number of hydrogen-bond donors (Lipinski definition) is 1. The molecule has 8 heteroatoms. The van der Waals surface area contributed by atoms with Gasteiger partial charge in [-0.25, -0.2) is 0 Å². The van der Waals surface area contributed by atoms with E-state index in [4.69, 9.17) is 4.74 Å². The fourth-order valence-electron chi connectivity index (χ4n) is 3.95. The highest BCUT2D eigenvalue weighted by Gasteiger charge is 2.22. The molecule has 2 aromatic carbocycles. The Morgan fingerprint density at radius 2 is 1.76 bits per heavy atom. The summed E-state index contributed by atoms with van der Waals surface area (Å²) in [6.07, 6.45) is 1.91. The van der Waals surface area contributed by atoms with Crippen molar-refractivity contribution in [2.24, 2.45) is 0 Å². The van der Waals surface area contributed by atoms with Gasteiger partial charge in [-0.15, -0.1) is 10.2 Å². The molecule has 1 amide bonds. The molecular weight excluding hydrogens is 434 g/mol. The van der Waals surface area contributed by atoms with Crippen LogP contribution in [0.1, 0.15) is 36.9 Å². The third kappa shape index (κ3) is 6.36. The van der Waals surface area contributed by atoms with Gasteiger partial charge in [-0.3, -0.25) is 9.36 Å². The molecule has 4 rings (SSSR count). The van der Waals surface area contributed by atoms with Crippen LogP contribution in [-0.2, 0) is 16.1 Å². The van der Waals surface area contributed by atoms with E-state index in [9.17, 15) is 4.79 Å². The zero-order valence-corrected chi connectivity index (χ0v) is 19.8. The molecule has 0 aliphatic carbocycles. The Hall–Kier alpha value is -2.84. The van der Waals surface area contributed by atoms with Gasteiger partial charge in [0.15, 0.2) is 5.16 Å². The summed E-state index contributed by atoms with van der Waals surface area (Å²) in [5, 5.41) is 12.9. The Labute approximate surface area is 199 Å². The van der Waals surface area contributed by atoms with Gasteiger partial charge >= 0.3 is 0 Å². The minimum absolute atomic E-state index is 0.00415. The Bertz CT molecular complexity index is 1010. The highest BCUT2D eigenvalue weighted by Crippen LogP contribution is 2.25. The molecule has 1 atom stereocenters. The van der Waals surface area contributed by atoms with Crippen molar-refractivity contribution in [1.82, 2.24) is 20.1 Å². The third-order valence-corrected chi connectivity index (χ3v) is 6.59. The molecule has 2 heterocycles. The van der Waals surface area contributed by atoms with Gasteiger partial charge in [0, 0.05) is 13.1 Å². The van der Waals surface area contributed by atoms with Crippen molar-refractivity contribution >= 4 is 23.6 Å². The maximum Gasteiger partial charge on any atom is 0.230 e. The number of carbonyl (C=O) groups excluding carboxylic acids is 1. The SMILES string of the molecule is CCCC(NC(=O)CSc1nnc(N2CCOCC2)n1Cc1ccccc1)c1ccccc1. The van der Waals surface area contributed by atoms with Crippen LogP contribution in [0, 0.1) is 0 Å². The van der Waals surface area contributed by atoms with Crippen LogP contribution in [0.5, 0.6) is 0 Å². The monoisotopic (exact) mass is 465 g/mol. The van der Waals surface area contributed by atoms with Crippen LogP contribution < -0.4 is 10.2 Å². The van der Waals surface area contributed by atoms with Gasteiger partial charge in [-0.1, -0.05) is 85.8 Å². The Balaban J connectivity index is 1.46. The van der Waals surface area contributed by atoms with Gasteiger partial charge in [-0.05, 0) is 17.5 Å². The number of carbonyl (C=O) groups is 1. The molecule has 33 heavy (non-hydrogen) atoms. The highest BCUT2D eigenvalue weighted by atomic mass is 32.2. The van der Waals surface area contributed by atoms with E-state index < -0.39 is 0 Å². The highest BCUT2D eigenvalue weighted by molar-refractivity contribution is 7.99. The molecule has 1 aliphatic heterocycles. The summed E-state index contributed by atoms with van der Waals surface area (Å²) in [6, 6.07) is 20.5. The van der Waals surface area contributed by atoms with Crippen LogP contribution in [0.2, 0.25) is 0 Å². The van der Waals surface area contributed by atoms with Crippen molar-refractivity contribution in [3.8, 4) is 0 Å². The van der Waals surface area contributed by atoms with E-state index in [-0.39, 0.29) is 11.9 Å². The first-order valence-corrected chi connectivity index (χ1v) is 12.5. The number of amides is 1. The fourth-order valence-corrected chi connectivity index (χ4v) is 4.70. The maximum atomic E-state index is 12.8. The average molecular weight is 466 g/mol. The first-order chi connectivity index (χ1) is 16.2. The zero-order valence-electron chi connectivity index (χ0n) is 19.0. The number of anilines is 1. The fraction of sp³-hybridized carbons (Fsp3) is 0.400. The molecule has 174 valence electrons. The second-order valence-electron chi connectivity index (χ2n) is 8.06. The molecule has 0 bridgehead atoms. The molecule has 1 aromatic heterocycles. The summed E-state index contributed by atoms with van der Waals surface area (Å²) >= 11 is 1.43. The van der Waals surface area contributed by atoms with Crippen LogP contribution in [-0.4, -0.2) is 52.7 Å². The lowest BCUT2D eigenvalue weighted by Crippen LogP contribution is -2.38. The number of nitrogens with zero attached hydrogens (tertiary/aromatic N) is 4. The van der Waals surface area contributed by atoms with Crippen LogP contribution in [0.25, 0.3) is 0 Å². The van der Waals surface area contributed by atoms with Gasteiger partial charge in [0.05, 0.1) is 31.6 Å².